The smallest absolute Gasteiger partial charge is 0.309 e. The predicted molar refractivity (Wildman–Crippen MR) is 41.1 cm³/mol. The molecule has 0 radical (unpaired) electrons. The second-order valence-corrected chi connectivity index (χ2v) is 5.61. The van der Waals surface area contributed by atoms with E-state index < -0.39 is 9.84 Å². The maximum Gasteiger partial charge on any atom is 0.309 e. The Bertz CT molecular complexity index is 300. The van der Waals surface area contributed by atoms with E-state index in [1.165, 1.54) is 7.11 Å². The van der Waals surface area contributed by atoms with E-state index in [0.717, 1.165) is 0 Å². The number of fused-ring (bicyclic) bond motifs is 1. The van der Waals surface area contributed by atoms with E-state index in [0.29, 0.717) is 0 Å². The molecule has 0 amide bonds. The van der Waals surface area contributed by atoms with Crippen molar-refractivity contribution in [2.75, 3.05) is 18.6 Å². The van der Waals surface area contributed by atoms with Crippen molar-refractivity contribution < 1.29 is 17.9 Å². The monoisotopic (exact) mass is 190 g/mol. The van der Waals surface area contributed by atoms with Crippen LogP contribution >= 0.6 is 0 Å². The summed E-state index contributed by atoms with van der Waals surface area (Å²) in [6.45, 7) is 0. The second-order valence-electron chi connectivity index (χ2n) is 3.45. The molecule has 5 heteroatoms. The van der Waals surface area contributed by atoms with Crippen molar-refractivity contribution in [2.24, 2.45) is 17.8 Å². The number of carbonyl (C=O) groups is 1. The summed E-state index contributed by atoms with van der Waals surface area (Å²) in [5.41, 5.74) is 0. The van der Waals surface area contributed by atoms with Gasteiger partial charge in [0.15, 0.2) is 9.84 Å². The average molecular weight is 190 g/mol. The van der Waals surface area contributed by atoms with E-state index in [4.69, 9.17) is 0 Å². The lowest BCUT2D eigenvalue weighted by molar-refractivity contribution is -0.142. The third-order valence-electron chi connectivity index (χ3n) is 2.70. The zero-order chi connectivity index (χ0) is 8.93. The molecule has 0 N–H and O–H groups in total. The van der Waals surface area contributed by atoms with Crippen LogP contribution in [0.4, 0.5) is 0 Å². The molecule has 0 aromatic carbocycles. The summed E-state index contributed by atoms with van der Waals surface area (Å²) in [6.07, 6.45) is 0. The molecule has 0 aromatic heterocycles. The van der Waals surface area contributed by atoms with E-state index in [1.807, 2.05) is 0 Å². The quantitative estimate of drug-likeness (QED) is 0.520. The van der Waals surface area contributed by atoms with Gasteiger partial charge in [0.2, 0.25) is 0 Å². The number of ether oxygens (including phenoxy) is 1. The molecule has 1 saturated heterocycles. The van der Waals surface area contributed by atoms with Crippen LogP contribution in [0.3, 0.4) is 0 Å². The maximum absolute atomic E-state index is 11.0. The Balaban J connectivity index is 2.04. The zero-order valence-electron chi connectivity index (χ0n) is 6.69. The molecule has 2 fully saturated rings. The zero-order valence-corrected chi connectivity index (χ0v) is 7.50. The summed E-state index contributed by atoms with van der Waals surface area (Å²) in [5.74, 6) is 0.0952. The fourth-order valence-electron chi connectivity index (χ4n) is 2.04. The molecule has 68 valence electrons. The molecule has 4 nitrogen and oxygen atoms in total. The SMILES string of the molecule is COC(=O)C1C2CS(=O)(=O)CC21. The summed E-state index contributed by atoms with van der Waals surface area (Å²) >= 11 is 0. The van der Waals surface area contributed by atoms with Gasteiger partial charge < -0.3 is 4.74 Å². The molecule has 1 aliphatic heterocycles. The summed E-state index contributed by atoms with van der Waals surface area (Å²) in [6, 6.07) is 0. The van der Waals surface area contributed by atoms with Crippen LogP contribution < -0.4 is 0 Å². The average Bonchev–Trinajstić information content (AvgIpc) is 2.49. The molecule has 0 bridgehead atoms. The minimum absolute atomic E-state index is 0.0578. The van der Waals surface area contributed by atoms with Crippen LogP contribution in [0.2, 0.25) is 0 Å². The van der Waals surface area contributed by atoms with Crippen molar-refractivity contribution in [2.45, 2.75) is 0 Å². The number of methoxy groups -OCH3 is 1. The maximum atomic E-state index is 11.0. The Hall–Kier alpha value is -0.580. The molecular weight excluding hydrogens is 180 g/mol. The Kier molecular flexibility index (Phi) is 1.49. The Labute approximate surface area is 70.8 Å². The Morgan fingerprint density at radius 2 is 1.83 bits per heavy atom. The molecule has 2 unspecified atom stereocenters. The van der Waals surface area contributed by atoms with Gasteiger partial charge in [-0.1, -0.05) is 0 Å². The van der Waals surface area contributed by atoms with Crippen LogP contribution in [0.1, 0.15) is 0 Å². The number of hydrogen-bond acceptors (Lipinski definition) is 4. The minimum Gasteiger partial charge on any atom is -0.469 e. The summed E-state index contributed by atoms with van der Waals surface area (Å²) in [7, 11) is -1.49. The fourth-order valence-corrected chi connectivity index (χ4v) is 4.26. The summed E-state index contributed by atoms with van der Waals surface area (Å²) in [4.78, 5) is 11.0. The van der Waals surface area contributed by atoms with Gasteiger partial charge >= 0.3 is 5.97 Å². The van der Waals surface area contributed by atoms with Crippen molar-refractivity contribution in [3.05, 3.63) is 0 Å². The van der Waals surface area contributed by atoms with Crippen molar-refractivity contribution in [1.82, 2.24) is 0 Å². The molecule has 2 rings (SSSR count). The third-order valence-corrected chi connectivity index (χ3v) is 4.48. The first-order valence-corrected chi connectivity index (χ1v) is 5.65. The normalized spacial score (nSPS) is 41.9. The fraction of sp³-hybridized carbons (Fsp3) is 0.857. The van der Waals surface area contributed by atoms with Crippen LogP contribution in [0.15, 0.2) is 0 Å². The number of rotatable bonds is 1. The molecule has 0 aromatic rings. The van der Waals surface area contributed by atoms with Crippen LogP contribution in [0, 0.1) is 17.8 Å². The first kappa shape index (κ1) is 8.04. The number of sulfone groups is 1. The number of hydrogen-bond donors (Lipinski definition) is 0. The van der Waals surface area contributed by atoms with Crippen molar-refractivity contribution in [3.63, 3.8) is 0 Å². The van der Waals surface area contributed by atoms with E-state index >= 15 is 0 Å². The molecule has 1 aliphatic carbocycles. The van der Waals surface area contributed by atoms with Crippen LogP contribution in [0.25, 0.3) is 0 Å². The highest BCUT2D eigenvalue weighted by Crippen LogP contribution is 2.53. The van der Waals surface area contributed by atoms with Crippen molar-refractivity contribution >= 4 is 15.8 Å². The van der Waals surface area contributed by atoms with Gasteiger partial charge in [0.25, 0.3) is 0 Å². The lowest BCUT2D eigenvalue weighted by Gasteiger charge is -2.00. The van der Waals surface area contributed by atoms with Crippen molar-refractivity contribution in [3.8, 4) is 0 Å². The molecule has 12 heavy (non-hydrogen) atoms. The van der Waals surface area contributed by atoms with E-state index in [9.17, 15) is 13.2 Å². The van der Waals surface area contributed by atoms with Gasteiger partial charge in [-0.2, -0.15) is 0 Å². The lowest BCUT2D eigenvalue weighted by Crippen LogP contribution is -2.15. The highest BCUT2D eigenvalue weighted by molar-refractivity contribution is 7.91. The molecule has 0 spiro atoms. The van der Waals surface area contributed by atoms with E-state index in [1.54, 1.807) is 0 Å². The molecular formula is C7H10O4S. The first-order valence-electron chi connectivity index (χ1n) is 3.83. The van der Waals surface area contributed by atoms with Crippen LogP contribution in [-0.4, -0.2) is 33.0 Å². The number of esters is 1. The molecule has 2 atom stereocenters. The van der Waals surface area contributed by atoms with Gasteiger partial charge in [0.05, 0.1) is 24.5 Å². The van der Waals surface area contributed by atoms with Crippen molar-refractivity contribution in [1.29, 1.82) is 0 Å². The molecule has 1 heterocycles. The first-order chi connectivity index (χ1) is 5.55. The largest absolute Gasteiger partial charge is 0.469 e. The van der Waals surface area contributed by atoms with Gasteiger partial charge in [-0.05, 0) is 11.8 Å². The topological polar surface area (TPSA) is 60.4 Å². The van der Waals surface area contributed by atoms with Gasteiger partial charge in [-0.25, -0.2) is 8.42 Å². The van der Waals surface area contributed by atoms with E-state index in [-0.39, 0.29) is 35.2 Å². The van der Waals surface area contributed by atoms with Crippen LogP contribution in [-0.2, 0) is 19.4 Å². The lowest BCUT2D eigenvalue weighted by atomic mass is 10.3. The highest BCUT2D eigenvalue weighted by atomic mass is 32.2. The van der Waals surface area contributed by atoms with Crippen LogP contribution in [0.5, 0.6) is 0 Å². The van der Waals surface area contributed by atoms with Gasteiger partial charge in [-0.3, -0.25) is 4.79 Å². The standard InChI is InChI=1S/C7H10O4S/c1-11-7(8)6-4-2-12(9,10)3-5(4)6/h4-6H,2-3H2,1H3. The minimum atomic E-state index is -2.83. The van der Waals surface area contributed by atoms with Gasteiger partial charge in [0.1, 0.15) is 0 Å². The summed E-state index contributed by atoms with van der Waals surface area (Å²) in [5, 5.41) is 0. The van der Waals surface area contributed by atoms with Gasteiger partial charge in [0, 0.05) is 0 Å². The predicted octanol–water partition coefficient (Wildman–Crippen LogP) is -0.550. The molecule has 1 saturated carbocycles. The summed E-state index contributed by atoms with van der Waals surface area (Å²) < 4.78 is 26.5. The number of carbonyl (C=O) groups excluding carboxylic acids is 1. The highest BCUT2D eigenvalue weighted by Gasteiger charge is 2.62. The Morgan fingerprint density at radius 1 is 1.33 bits per heavy atom. The van der Waals surface area contributed by atoms with E-state index in [2.05, 4.69) is 4.74 Å². The molecule has 2 aliphatic rings. The Morgan fingerprint density at radius 3 is 2.25 bits per heavy atom. The third kappa shape index (κ3) is 1.03. The van der Waals surface area contributed by atoms with Gasteiger partial charge in [-0.15, -0.1) is 0 Å². The second kappa shape index (κ2) is 2.22.